The SMILES string of the molecule is Nc1ccccc1NC(=O)/C=C/CC[C@H](Oc1ccccc1)[C@@H](OC(=O)Nc1ccccc1)c1ccc(OCCO)cc1. The molecular formula is C34H35N3O6. The van der Waals surface area contributed by atoms with E-state index in [0.29, 0.717) is 47.0 Å². The van der Waals surface area contributed by atoms with Crippen molar-refractivity contribution >= 4 is 29.1 Å². The molecule has 0 fully saturated rings. The molecule has 0 aliphatic rings. The number of allylic oxidation sites excluding steroid dienone is 1. The van der Waals surface area contributed by atoms with Gasteiger partial charge in [0, 0.05) is 5.69 Å². The summed E-state index contributed by atoms with van der Waals surface area (Å²) in [6.45, 7) is 0.0552. The van der Waals surface area contributed by atoms with Crippen LogP contribution in [0.1, 0.15) is 24.5 Å². The van der Waals surface area contributed by atoms with Crippen LogP contribution in [0.5, 0.6) is 11.5 Å². The highest BCUT2D eigenvalue weighted by Crippen LogP contribution is 2.30. The van der Waals surface area contributed by atoms with Gasteiger partial charge in [-0.25, -0.2) is 4.79 Å². The molecule has 222 valence electrons. The van der Waals surface area contributed by atoms with Crippen LogP contribution in [0.2, 0.25) is 0 Å². The Hall–Kier alpha value is -5.28. The Balaban J connectivity index is 1.54. The first kappa shape index (κ1) is 30.7. The van der Waals surface area contributed by atoms with Crippen LogP contribution in [-0.4, -0.2) is 36.4 Å². The van der Waals surface area contributed by atoms with Gasteiger partial charge in [-0.05, 0) is 73.0 Å². The molecule has 9 nitrogen and oxygen atoms in total. The molecule has 0 radical (unpaired) electrons. The second-order valence-electron chi connectivity index (χ2n) is 9.48. The van der Waals surface area contributed by atoms with Crippen molar-refractivity contribution < 1.29 is 28.9 Å². The molecule has 0 saturated carbocycles. The number of hydrogen-bond acceptors (Lipinski definition) is 7. The summed E-state index contributed by atoms with van der Waals surface area (Å²) in [6, 6.07) is 32.4. The molecule has 4 aromatic carbocycles. The minimum atomic E-state index is -0.817. The van der Waals surface area contributed by atoms with Gasteiger partial charge in [-0.2, -0.15) is 0 Å². The molecule has 9 heteroatoms. The molecule has 2 atom stereocenters. The average Bonchev–Trinajstić information content (AvgIpc) is 3.03. The van der Waals surface area contributed by atoms with Gasteiger partial charge in [0.15, 0.2) is 6.10 Å². The number of nitrogen functional groups attached to an aromatic ring is 1. The van der Waals surface area contributed by atoms with Crippen molar-refractivity contribution in [3.63, 3.8) is 0 Å². The standard InChI is InChI=1S/C34H35N3O6/c35-29-15-7-8-16-30(29)37-32(39)18-10-9-17-31(42-28-13-5-2-6-14-28)33(25-19-21-27(22-20-25)41-24-23-38)43-34(40)36-26-11-3-1-4-12-26/h1-8,10-16,18-22,31,33,38H,9,17,23-24,35H2,(H,36,40)(H,37,39)/b18-10+/t31-,33-/m0/s1. The molecule has 43 heavy (non-hydrogen) atoms. The third-order valence-corrected chi connectivity index (χ3v) is 6.30. The lowest BCUT2D eigenvalue weighted by Crippen LogP contribution is -2.31. The van der Waals surface area contributed by atoms with Gasteiger partial charge in [-0.1, -0.05) is 66.7 Å². The maximum Gasteiger partial charge on any atom is 0.412 e. The molecule has 4 rings (SSSR count). The van der Waals surface area contributed by atoms with Crippen molar-refractivity contribution in [2.45, 2.75) is 25.0 Å². The summed E-state index contributed by atoms with van der Waals surface area (Å²) in [5.74, 6) is 0.861. The normalized spacial score (nSPS) is 12.2. The number of hydrogen-bond donors (Lipinski definition) is 4. The van der Waals surface area contributed by atoms with Crippen LogP contribution in [0, 0.1) is 0 Å². The van der Waals surface area contributed by atoms with E-state index in [4.69, 9.17) is 25.1 Å². The van der Waals surface area contributed by atoms with Gasteiger partial charge in [0.05, 0.1) is 18.0 Å². The summed E-state index contributed by atoms with van der Waals surface area (Å²) < 4.78 is 17.9. The van der Waals surface area contributed by atoms with Crippen LogP contribution in [0.3, 0.4) is 0 Å². The van der Waals surface area contributed by atoms with E-state index in [2.05, 4.69) is 10.6 Å². The Morgan fingerprint density at radius 3 is 2.19 bits per heavy atom. The molecule has 0 unspecified atom stereocenters. The van der Waals surface area contributed by atoms with E-state index in [-0.39, 0.29) is 19.1 Å². The summed E-state index contributed by atoms with van der Waals surface area (Å²) in [5, 5.41) is 14.6. The van der Waals surface area contributed by atoms with E-state index in [1.807, 2.05) is 48.5 Å². The number of para-hydroxylation sites is 4. The molecule has 0 aliphatic heterocycles. The number of rotatable bonds is 14. The predicted octanol–water partition coefficient (Wildman–Crippen LogP) is 6.35. The topological polar surface area (TPSA) is 132 Å². The first-order chi connectivity index (χ1) is 21.0. The van der Waals surface area contributed by atoms with Gasteiger partial charge in [0.2, 0.25) is 5.91 Å². The Labute approximate surface area is 250 Å². The highest BCUT2D eigenvalue weighted by Gasteiger charge is 2.29. The van der Waals surface area contributed by atoms with Crippen LogP contribution < -0.4 is 25.8 Å². The minimum absolute atomic E-state index is 0.107. The average molecular weight is 582 g/mol. The molecule has 2 amide bonds. The number of amides is 2. The van der Waals surface area contributed by atoms with E-state index in [1.165, 1.54) is 6.08 Å². The minimum Gasteiger partial charge on any atom is -0.491 e. The van der Waals surface area contributed by atoms with Crippen LogP contribution in [0.4, 0.5) is 21.9 Å². The smallest absolute Gasteiger partial charge is 0.412 e. The fourth-order valence-electron chi connectivity index (χ4n) is 4.24. The Morgan fingerprint density at radius 1 is 0.814 bits per heavy atom. The zero-order valence-electron chi connectivity index (χ0n) is 23.6. The zero-order valence-corrected chi connectivity index (χ0v) is 23.6. The second kappa shape index (κ2) is 16.2. The van der Waals surface area contributed by atoms with E-state index in [0.717, 1.165) is 0 Å². The van der Waals surface area contributed by atoms with Crippen molar-refractivity contribution in [2.24, 2.45) is 0 Å². The third-order valence-electron chi connectivity index (χ3n) is 6.30. The highest BCUT2D eigenvalue weighted by atomic mass is 16.6. The fourth-order valence-corrected chi connectivity index (χ4v) is 4.24. The van der Waals surface area contributed by atoms with Crippen molar-refractivity contribution in [1.82, 2.24) is 0 Å². The Bertz CT molecular complexity index is 1460. The summed E-state index contributed by atoms with van der Waals surface area (Å²) >= 11 is 0. The number of nitrogens with two attached hydrogens (primary N) is 1. The van der Waals surface area contributed by atoms with Gasteiger partial charge in [0.25, 0.3) is 0 Å². The predicted molar refractivity (Wildman–Crippen MR) is 167 cm³/mol. The molecule has 0 spiro atoms. The van der Waals surface area contributed by atoms with Crippen LogP contribution in [-0.2, 0) is 9.53 Å². The molecule has 0 bridgehead atoms. The van der Waals surface area contributed by atoms with E-state index < -0.39 is 18.3 Å². The zero-order chi connectivity index (χ0) is 30.3. The van der Waals surface area contributed by atoms with Crippen LogP contribution >= 0.6 is 0 Å². The summed E-state index contributed by atoms with van der Waals surface area (Å²) in [7, 11) is 0. The maximum absolute atomic E-state index is 13.1. The summed E-state index contributed by atoms with van der Waals surface area (Å²) in [4.78, 5) is 25.6. The second-order valence-corrected chi connectivity index (χ2v) is 9.48. The number of carbonyl (C=O) groups excluding carboxylic acids is 2. The largest absolute Gasteiger partial charge is 0.491 e. The number of aliphatic hydroxyl groups is 1. The first-order valence-electron chi connectivity index (χ1n) is 13.9. The van der Waals surface area contributed by atoms with Gasteiger partial charge in [-0.15, -0.1) is 0 Å². The van der Waals surface area contributed by atoms with Gasteiger partial charge in [-0.3, -0.25) is 10.1 Å². The molecule has 0 saturated heterocycles. The summed E-state index contributed by atoms with van der Waals surface area (Å²) in [5.41, 5.74) is 8.21. The molecule has 0 aliphatic carbocycles. The molecule has 0 aromatic heterocycles. The fraction of sp³-hybridized carbons (Fsp3) is 0.176. The molecule has 5 N–H and O–H groups in total. The van der Waals surface area contributed by atoms with E-state index >= 15 is 0 Å². The number of aliphatic hydroxyl groups excluding tert-OH is 1. The molecule has 4 aromatic rings. The lowest BCUT2D eigenvalue weighted by molar-refractivity contribution is -0.111. The molecular weight excluding hydrogens is 546 g/mol. The summed E-state index contributed by atoms with van der Waals surface area (Å²) in [6.07, 6.45) is 1.97. The van der Waals surface area contributed by atoms with Crippen molar-refractivity contribution in [3.05, 3.63) is 127 Å². The number of ether oxygens (including phenoxy) is 3. The van der Waals surface area contributed by atoms with Gasteiger partial charge in [0.1, 0.15) is 24.2 Å². The lowest BCUT2D eigenvalue weighted by atomic mass is 10.00. The Kier molecular flexibility index (Phi) is 11.6. The lowest BCUT2D eigenvalue weighted by Gasteiger charge is -2.28. The first-order valence-corrected chi connectivity index (χ1v) is 13.9. The quantitative estimate of drug-likeness (QED) is 0.101. The third kappa shape index (κ3) is 9.94. The van der Waals surface area contributed by atoms with Gasteiger partial charge < -0.3 is 30.4 Å². The number of benzene rings is 4. The molecule has 0 heterocycles. The highest BCUT2D eigenvalue weighted by molar-refractivity contribution is 6.01. The van der Waals surface area contributed by atoms with Crippen LogP contribution in [0.15, 0.2) is 121 Å². The number of carbonyl (C=O) groups is 2. The Morgan fingerprint density at radius 2 is 1.49 bits per heavy atom. The van der Waals surface area contributed by atoms with E-state index in [1.54, 1.807) is 66.7 Å². The van der Waals surface area contributed by atoms with Crippen molar-refractivity contribution in [2.75, 3.05) is 29.6 Å². The van der Waals surface area contributed by atoms with Crippen molar-refractivity contribution in [1.29, 1.82) is 0 Å². The van der Waals surface area contributed by atoms with E-state index in [9.17, 15) is 9.59 Å². The maximum atomic E-state index is 13.1. The van der Waals surface area contributed by atoms with Crippen LogP contribution in [0.25, 0.3) is 0 Å². The van der Waals surface area contributed by atoms with Gasteiger partial charge >= 0.3 is 6.09 Å². The monoisotopic (exact) mass is 581 g/mol. The number of anilines is 3. The number of nitrogens with one attached hydrogen (secondary N) is 2. The van der Waals surface area contributed by atoms with Crippen molar-refractivity contribution in [3.8, 4) is 11.5 Å².